The zero-order chi connectivity index (χ0) is 24.5. The van der Waals surface area contributed by atoms with Crippen LogP contribution in [0.2, 0.25) is 10.0 Å². The number of para-hydroxylation sites is 1. The smallest absolute Gasteiger partial charge is 0.329 e. The van der Waals surface area contributed by atoms with Crippen molar-refractivity contribution >= 4 is 58.5 Å². The minimum atomic E-state index is -0.897. The lowest BCUT2D eigenvalue weighted by atomic mass is 10.2. The first kappa shape index (κ1) is 24.8. The Morgan fingerprint density at radius 3 is 2.26 bits per heavy atom. The van der Waals surface area contributed by atoms with Crippen LogP contribution < -0.4 is 20.8 Å². The second-order valence-electron chi connectivity index (χ2n) is 7.03. The van der Waals surface area contributed by atoms with Crippen molar-refractivity contribution < 1.29 is 19.1 Å². The summed E-state index contributed by atoms with van der Waals surface area (Å²) in [4.78, 5) is 35.9. The number of rotatable bonds is 7. The first-order chi connectivity index (χ1) is 16.3. The van der Waals surface area contributed by atoms with Crippen LogP contribution in [0.3, 0.4) is 0 Å². The standard InChI is InChI=1S/C24H20Cl2N4O4/c1-15-4-2-3-5-21(15)29-23(32)24(33)30-27-13-16-6-8-20(9-7-16)34-14-22(31)28-19-11-17(25)10-18(26)12-19/h2-13H,14H2,1H3,(H,28,31)(H,29,32)(H,30,33)/b27-13-. The third-order valence-corrected chi connectivity index (χ3v) is 4.81. The average Bonchev–Trinajstić information content (AvgIpc) is 2.79. The molecule has 174 valence electrons. The van der Waals surface area contributed by atoms with Crippen LogP contribution in [0.4, 0.5) is 11.4 Å². The summed E-state index contributed by atoms with van der Waals surface area (Å²) in [6.07, 6.45) is 1.37. The van der Waals surface area contributed by atoms with E-state index in [0.717, 1.165) is 5.56 Å². The lowest BCUT2D eigenvalue weighted by Gasteiger charge is -2.08. The van der Waals surface area contributed by atoms with Gasteiger partial charge in [0.15, 0.2) is 6.61 Å². The normalized spacial score (nSPS) is 10.6. The van der Waals surface area contributed by atoms with Crippen molar-refractivity contribution in [3.05, 3.63) is 87.9 Å². The van der Waals surface area contributed by atoms with Crippen molar-refractivity contribution in [2.75, 3.05) is 17.2 Å². The number of hydrazone groups is 1. The van der Waals surface area contributed by atoms with Gasteiger partial charge < -0.3 is 15.4 Å². The minimum Gasteiger partial charge on any atom is -0.484 e. The molecule has 0 atom stereocenters. The molecule has 34 heavy (non-hydrogen) atoms. The second-order valence-corrected chi connectivity index (χ2v) is 7.91. The van der Waals surface area contributed by atoms with Gasteiger partial charge in [0.25, 0.3) is 5.91 Å². The number of hydrogen-bond donors (Lipinski definition) is 3. The number of anilines is 2. The molecule has 0 unspecified atom stereocenters. The zero-order valence-electron chi connectivity index (χ0n) is 18.0. The summed E-state index contributed by atoms with van der Waals surface area (Å²) in [6, 6.07) is 18.4. The molecular weight excluding hydrogens is 479 g/mol. The highest BCUT2D eigenvalue weighted by atomic mass is 35.5. The molecule has 3 aromatic rings. The Morgan fingerprint density at radius 2 is 1.59 bits per heavy atom. The third kappa shape index (κ3) is 7.61. The molecule has 3 rings (SSSR count). The molecule has 0 aliphatic rings. The van der Waals surface area contributed by atoms with E-state index in [4.69, 9.17) is 27.9 Å². The van der Waals surface area contributed by atoms with Crippen molar-refractivity contribution in [1.82, 2.24) is 5.43 Å². The van der Waals surface area contributed by atoms with E-state index in [1.165, 1.54) is 6.21 Å². The van der Waals surface area contributed by atoms with Crippen molar-refractivity contribution in [2.24, 2.45) is 5.10 Å². The van der Waals surface area contributed by atoms with Gasteiger partial charge >= 0.3 is 11.8 Å². The van der Waals surface area contributed by atoms with Crippen molar-refractivity contribution in [3.8, 4) is 5.75 Å². The summed E-state index contributed by atoms with van der Waals surface area (Å²) in [7, 11) is 0. The van der Waals surface area contributed by atoms with E-state index in [-0.39, 0.29) is 12.5 Å². The Morgan fingerprint density at radius 1 is 0.912 bits per heavy atom. The van der Waals surface area contributed by atoms with Gasteiger partial charge in [-0.1, -0.05) is 41.4 Å². The van der Waals surface area contributed by atoms with Crippen LogP contribution in [0, 0.1) is 6.92 Å². The van der Waals surface area contributed by atoms with Gasteiger partial charge in [0, 0.05) is 21.4 Å². The van der Waals surface area contributed by atoms with Gasteiger partial charge in [0.2, 0.25) is 0 Å². The summed E-state index contributed by atoms with van der Waals surface area (Å²) in [5.74, 6) is -1.64. The Labute approximate surface area is 205 Å². The fourth-order valence-electron chi connectivity index (χ4n) is 2.73. The molecule has 10 heteroatoms. The second kappa shape index (κ2) is 11.8. The lowest BCUT2D eigenvalue weighted by molar-refractivity contribution is -0.136. The zero-order valence-corrected chi connectivity index (χ0v) is 19.5. The van der Waals surface area contributed by atoms with E-state index in [9.17, 15) is 14.4 Å². The van der Waals surface area contributed by atoms with Crippen LogP contribution in [-0.4, -0.2) is 30.5 Å². The molecule has 3 N–H and O–H groups in total. The number of carbonyl (C=O) groups is 3. The molecule has 8 nitrogen and oxygen atoms in total. The first-order valence-corrected chi connectivity index (χ1v) is 10.7. The molecule has 0 spiro atoms. The fourth-order valence-corrected chi connectivity index (χ4v) is 3.26. The summed E-state index contributed by atoms with van der Waals surface area (Å²) in [5.41, 5.74) is 4.66. The van der Waals surface area contributed by atoms with Crippen molar-refractivity contribution in [1.29, 1.82) is 0 Å². The maximum absolute atomic E-state index is 12.1. The average molecular weight is 499 g/mol. The Kier molecular flexibility index (Phi) is 8.61. The van der Waals surface area contributed by atoms with E-state index in [0.29, 0.717) is 32.7 Å². The van der Waals surface area contributed by atoms with Crippen LogP contribution in [0.1, 0.15) is 11.1 Å². The molecule has 0 aliphatic carbocycles. The molecular formula is C24H20Cl2N4O4. The third-order valence-electron chi connectivity index (χ3n) is 4.38. The Balaban J connectivity index is 1.44. The quantitative estimate of drug-likeness (QED) is 0.254. The maximum Gasteiger partial charge on any atom is 0.329 e. The van der Waals surface area contributed by atoms with Crippen LogP contribution in [0.25, 0.3) is 0 Å². The molecule has 3 amide bonds. The number of carbonyl (C=O) groups excluding carboxylic acids is 3. The highest BCUT2D eigenvalue weighted by Crippen LogP contribution is 2.22. The summed E-state index contributed by atoms with van der Waals surface area (Å²) >= 11 is 11.8. The van der Waals surface area contributed by atoms with Gasteiger partial charge in [0.05, 0.1) is 6.21 Å². The molecule has 3 aromatic carbocycles. The molecule has 0 fully saturated rings. The SMILES string of the molecule is Cc1ccccc1NC(=O)C(=O)N/N=C\c1ccc(OCC(=O)Nc2cc(Cl)cc(Cl)c2)cc1. The molecule has 0 aliphatic heterocycles. The molecule has 0 heterocycles. The molecule has 0 saturated carbocycles. The van der Waals surface area contributed by atoms with Gasteiger partial charge in [-0.05, 0) is 66.6 Å². The number of amides is 3. The summed E-state index contributed by atoms with van der Waals surface area (Å²) < 4.78 is 5.45. The maximum atomic E-state index is 12.1. The van der Waals surface area contributed by atoms with E-state index in [2.05, 4.69) is 21.2 Å². The number of nitrogens with zero attached hydrogens (tertiary/aromatic N) is 1. The summed E-state index contributed by atoms with van der Waals surface area (Å²) in [5, 5.41) is 9.76. The van der Waals surface area contributed by atoms with Crippen molar-refractivity contribution in [3.63, 3.8) is 0 Å². The summed E-state index contributed by atoms with van der Waals surface area (Å²) in [6.45, 7) is 1.60. The highest BCUT2D eigenvalue weighted by molar-refractivity contribution is 6.39. The number of halogens is 2. The van der Waals surface area contributed by atoms with Crippen LogP contribution in [0.5, 0.6) is 5.75 Å². The van der Waals surface area contributed by atoms with Crippen LogP contribution >= 0.6 is 23.2 Å². The minimum absolute atomic E-state index is 0.219. The van der Waals surface area contributed by atoms with Crippen LogP contribution in [0.15, 0.2) is 71.8 Å². The van der Waals surface area contributed by atoms with Gasteiger partial charge in [-0.2, -0.15) is 5.10 Å². The van der Waals surface area contributed by atoms with E-state index < -0.39 is 11.8 Å². The van der Waals surface area contributed by atoms with E-state index >= 15 is 0 Å². The number of nitrogens with one attached hydrogen (secondary N) is 3. The Hall–Kier alpha value is -3.88. The predicted molar refractivity (Wildman–Crippen MR) is 133 cm³/mol. The molecule has 0 saturated heterocycles. The van der Waals surface area contributed by atoms with E-state index in [1.807, 2.05) is 19.1 Å². The predicted octanol–water partition coefficient (Wildman–Crippen LogP) is 4.41. The molecule has 0 bridgehead atoms. The topological polar surface area (TPSA) is 109 Å². The van der Waals surface area contributed by atoms with E-state index in [1.54, 1.807) is 54.6 Å². The first-order valence-electron chi connectivity index (χ1n) is 9.99. The monoisotopic (exact) mass is 498 g/mol. The van der Waals surface area contributed by atoms with Gasteiger partial charge in [-0.25, -0.2) is 5.43 Å². The fraction of sp³-hybridized carbons (Fsp3) is 0.0833. The number of benzene rings is 3. The van der Waals surface area contributed by atoms with Gasteiger partial charge in [0.1, 0.15) is 5.75 Å². The van der Waals surface area contributed by atoms with Gasteiger partial charge in [-0.15, -0.1) is 0 Å². The number of hydrogen-bond acceptors (Lipinski definition) is 5. The number of ether oxygens (including phenoxy) is 1. The molecule has 0 radical (unpaired) electrons. The Bertz CT molecular complexity index is 1210. The number of aryl methyl sites for hydroxylation is 1. The van der Waals surface area contributed by atoms with Gasteiger partial charge in [-0.3, -0.25) is 14.4 Å². The van der Waals surface area contributed by atoms with Crippen molar-refractivity contribution in [2.45, 2.75) is 6.92 Å². The largest absolute Gasteiger partial charge is 0.484 e. The van der Waals surface area contributed by atoms with Crippen LogP contribution in [-0.2, 0) is 14.4 Å². The lowest BCUT2D eigenvalue weighted by Crippen LogP contribution is -2.32. The highest BCUT2D eigenvalue weighted by Gasteiger charge is 2.13. The molecule has 0 aromatic heterocycles.